The topological polar surface area (TPSA) is 111 Å². The largest absolute Gasteiger partial charge is 0.375 e. The Balaban J connectivity index is 1.20. The summed E-state index contributed by atoms with van der Waals surface area (Å²) in [5.74, 6) is -3.99. The van der Waals surface area contributed by atoms with Crippen molar-refractivity contribution in [3.8, 4) is 11.4 Å². The summed E-state index contributed by atoms with van der Waals surface area (Å²) < 4.78 is 58.2. The number of amides is 1. The minimum atomic E-state index is -3.61. The molecule has 1 aromatic carbocycles. The first-order valence-corrected chi connectivity index (χ1v) is 14.0. The van der Waals surface area contributed by atoms with Crippen LogP contribution in [-0.2, 0) is 27.7 Å². The summed E-state index contributed by atoms with van der Waals surface area (Å²) in [5.41, 5.74) is 3.30. The third kappa shape index (κ3) is 4.87. The first-order chi connectivity index (χ1) is 18.6. The highest BCUT2D eigenvalue weighted by molar-refractivity contribution is 7.92. The number of aromatic nitrogens is 3. The zero-order chi connectivity index (χ0) is 27.4. The fourth-order valence-electron chi connectivity index (χ4n) is 4.61. The van der Waals surface area contributed by atoms with E-state index < -0.39 is 32.8 Å². The summed E-state index contributed by atoms with van der Waals surface area (Å²) in [6.45, 7) is 1.94. The molecule has 0 saturated heterocycles. The zero-order valence-corrected chi connectivity index (χ0v) is 21.7. The second kappa shape index (κ2) is 9.42. The molecule has 8 nitrogen and oxygen atoms in total. The summed E-state index contributed by atoms with van der Waals surface area (Å²) in [6, 6.07) is 14.9. The van der Waals surface area contributed by atoms with Crippen LogP contribution in [0, 0.1) is 0 Å². The number of alkyl halides is 2. The number of rotatable bonds is 5. The Hall–Kier alpha value is -3.83. The van der Waals surface area contributed by atoms with Crippen LogP contribution in [0.3, 0.4) is 0 Å². The molecule has 0 spiro atoms. The number of pyridine rings is 3. The average Bonchev–Trinajstić information content (AvgIpc) is 3.60. The van der Waals surface area contributed by atoms with Gasteiger partial charge in [-0.1, -0.05) is 12.1 Å². The van der Waals surface area contributed by atoms with Gasteiger partial charge in [-0.3, -0.25) is 14.8 Å². The molecular weight excluding hydrogens is 526 g/mol. The van der Waals surface area contributed by atoms with Crippen molar-refractivity contribution in [2.24, 2.45) is 0 Å². The predicted molar refractivity (Wildman–Crippen MR) is 139 cm³/mol. The van der Waals surface area contributed by atoms with Crippen molar-refractivity contribution in [1.29, 1.82) is 0 Å². The number of nitrogens with zero attached hydrogens (tertiary/aromatic N) is 3. The Labute approximate surface area is 223 Å². The quantitative estimate of drug-likeness (QED) is 0.391. The number of halogens is 2. The summed E-state index contributed by atoms with van der Waals surface area (Å²) in [4.78, 5) is 26.4. The highest BCUT2D eigenvalue weighted by atomic mass is 32.2. The number of nitrogens with one attached hydrogen (secondary N) is 1. The van der Waals surface area contributed by atoms with E-state index in [1.807, 2.05) is 6.07 Å². The van der Waals surface area contributed by atoms with Gasteiger partial charge in [0.2, 0.25) is 0 Å². The molecule has 1 aliphatic heterocycles. The van der Waals surface area contributed by atoms with Gasteiger partial charge in [-0.2, -0.15) is 0 Å². The molecule has 1 amide bonds. The maximum Gasteiger partial charge on any atom is 0.257 e. The van der Waals surface area contributed by atoms with Gasteiger partial charge in [0.25, 0.3) is 11.8 Å². The molecule has 2 aliphatic rings. The van der Waals surface area contributed by atoms with Crippen molar-refractivity contribution in [3.05, 3.63) is 83.3 Å². The molecule has 200 valence electrons. The van der Waals surface area contributed by atoms with Crippen molar-refractivity contribution in [3.63, 3.8) is 0 Å². The maximum atomic E-state index is 13.5. The number of ether oxygens (including phenoxy) is 1. The number of hydrogen-bond donors (Lipinski definition) is 1. The van der Waals surface area contributed by atoms with Gasteiger partial charge in [-0.15, -0.1) is 0 Å². The highest BCUT2D eigenvalue weighted by Crippen LogP contribution is 2.55. The lowest BCUT2D eigenvalue weighted by atomic mass is 10.1. The molecule has 39 heavy (non-hydrogen) atoms. The molecule has 0 radical (unpaired) electrons. The van der Waals surface area contributed by atoms with E-state index in [4.69, 9.17) is 4.74 Å². The Morgan fingerprint density at radius 3 is 2.69 bits per heavy atom. The predicted octanol–water partition coefficient (Wildman–Crippen LogP) is 4.44. The molecule has 3 aromatic heterocycles. The first kappa shape index (κ1) is 25.4. The van der Waals surface area contributed by atoms with Crippen molar-refractivity contribution in [1.82, 2.24) is 20.3 Å². The number of fused-ring (bicyclic) bond motifs is 2. The lowest BCUT2D eigenvalue weighted by molar-refractivity contribution is 0.0949. The SMILES string of the molecule is C[C@H]1COCc2ccc(C(=O)NCc3cc4nc(-c5cccc([C@H]6CC6(F)F)n5)ccc4cn3)cc2S1(=O)=O. The normalized spacial score (nSPS) is 21.1. The van der Waals surface area contributed by atoms with Crippen LogP contribution < -0.4 is 5.32 Å². The number of hydrogen-bond acceptors (Lipinski definition) is 7. The highest BCUT2D eigenvalue weighted by Gasteiger charge is 2.58. The lowest BCUT2D eigenvalue weighted by Crippen LogP contribution is -2.24. The lowest BCUT2D eigenvalue weighted by Gasteiger charge is -2.12. The number of carbonyl (C=O) groups is 1. The second-order valence-electron chi connectivity index (χ2n) is 9.91. The van der Waals surface area contributed by atoms with E-state index >= 15 is 0 Å². The third-order valence-corrected chi connectivity index (χ3v) is 9.24. The number of benzene rings is 1. The summed E-state index contributed by atoms with van der Waals surface area (Å²) in [6.07, 6.45) is 1.45. The van der Waals surface area contributed by atoms with Gasteiger partial charge < -0.3 is 10.1 Å². The molecule has 6 rings (SSSR count). The van der Waals surface area contributed by atoms with Crippen molar-refractivity contribution < 1.29 is 26.7 Å². The minimum absolute atomic E-state index is 0.0918. The van der Waals surface area contributed by atoms with E-state index in [0.717, 1.165) is 5.39 Å². The summed E-state index contributed by atoms with van der Waals surface area (Å²) in [5, 5.41) is 2.85. The molecule has 11 heteroatoms. The Morgan fingerprint density at radius 1 is 1.10 bits per heavy atom. The van der Waals surface area contributed by atoms with Crippen LogP contribution in [0.1, 0.15) is 46.6 Å². The monoisotopic (exact) mass is 550 g/mol. The molecular formula is C28H24F2N4O4S. The van der Waals surface area contributed by atoms with E-state index in [1.54, 1.807) is 55.6 Å². The van der Waals surface area contributed by atoms with E-state index in [1.165, 1.54) is 6.07 Å². The first-order valence-electron chi connectivity index (χ1n) is 12.5. The Bertz CT molecular complexity index is 1730. The van der Waals surface area contributed by atoms with Gasteiger partial charge in [0.1, 0.15) is 0 Å². The molecule has 0 bridgehead atoms. The van der Waals surface area contributed by atoms with Crippen LogP contribution >= 0.6 is 0 Å². The number of sulfone groups is 1. The minimum Gasteiger partial charge on any atom is -0.375 e. The molecule has 4 heterocycles. The molecule has 1 saturated carbocycles. The van der Waals surface area contributed by atoms with Gasteiger partial charge >= 0.3 is 0 Å². The fraction of sp³-hybridized carbons (Fsp3) is 0.286. The van der Waals surface area contributed by atoms with E-state index in [0.29, 0.717) is 33.9 Å². The van der Waals surface area contributed by atoms with Crippen molar-refractivity contribution in [2.45, 2.75) is 48.5 Å². The van der Waals surface area contributed by atoms with Crippen LogP contribution in [0.15, 0.2) is 65.7 Å². The molecule has 1 N–H and O–H groups in total. The van der Waals surface area contributed by atoms with E-state index in [2.05, 4.69) is 20.3 Å². The van der Waals surface area contributed by atoms with Crippen LogP contribution in [0.4, 0.5) is 8.78 Å². The molecule has 2 atom stereocenters. The molecule has 1 fully saturated rings. The van der Waals surface area contributed by atoms with Gasteiger partial charge in [-0.05, 0) is 55.0 Å². The summed E-state index contributed by atoms with van der Waals surface area (Å²) in [7, 11) is -3.61. The molecule has 4 aromatic rings. The van der Waals surface area contributed by atoms with Crippen LogP contribution in [0.2, 0.25) is 0 Å². The standard InChI is InChI=1S/C28H24F2N4O4S/c1-16-14-38-15-19-6-5-17(9-26(19)39(16,36)37)27(35)32-13-20-10-25-18(12-31-20)7-8-24(34-25)23-4-2-3-22(33-23)21-11-28(21,29)30/h2-10,12,16,21H,11,13-15H2,1H3,(H,32,35)/t16-,21+/m0/s1. The molecule has 0 unspecified atom stereocenters. The van der Waals surface area contributed by atoms with Crippen LogP contribution in [0.5, 0.6) is 0 Å². The second-order valence-corrected chi connectivity index (χ2v) is 12.2. The van der Waals surface area contributed by atoms with Crippen LogP contribution in [-0.4, -0.2) is 47.1 Å². The van der Waals surface area contributed by atoms with Gasteiger partial charge in [-0.25, -0.2) is 22.2 Å². The van der Waals surface area contributed by atoms with Crippen molar-refractivity contribution >= 4 is 26.6 Å². The van der Waals surface area contributed by atoms with E-state index in [9.17, 15) is 22.0 Å². The Morgan fingerprint density at radius 2 is 1.90 bits per heavy atom. The fourth-order valence-corrected chi connectivity index (χ4v) is 6.11. The van der Waals surface area contributed by atoms with Crippen molar-refractivity contribution in [2.75, 3.05) is 6.61 Å². The maximum absolute atomic E-state index is 13.5. The average molecular weight is 551 g/mol. The summed E-state index contributed by atoms with van der Waals surface area (Å²) >= 11 is 0. The van der Waals surface area contributed by atoms with Gasteiger partial charge in [0, 0.05) is 23.6 Å². The van der Waals surface area contributed by atoms with Crippen LogP contribution in [0.25, 0.3) is 22.3 Å². The van der Waals surface area contributed by atoms with Gasteiger partial charge in [0.05, 0.1) is 64.1 Å². The Kier molecular flexibility index (Phi) is 6.15. The smallest absolute Gasteiger partial charge is 0.257 e. The number of carbonyl (C=O) groups excluding carboxylic acids is 1. The van der Waals surface area contributed by atoms with Gasteiger partial charge in [0.15, 0.2) is 9.84 Å². The zero-order valence-electron chi connectivity index (χ0n) is 20.9. The third-order valence-electron chi connectivity index (χ3n) is 7.05. The molecule has 1 aliphatic carbocycles. The van der Waals surface area contributed by atoms with E-state index in [-0.39, 0.29) is 36.6 Å².